The Hall–Kier alpha value is -1.23. The van der Waals surface area contributed by atoms with E-state index in [1.165, 1.54) is 5.56 Å². The molecule has 1 aliphatic heterocycles. The first-order valence-corrected chi connectivity index (χ1v) is 8.58. The van der Waals surface area contributed by atoms with Gasteiger partial charge in [-0.2, -0.15) is 0 Å². The first kappa shape index (κ1) is 12.8. The van der Waals surface area contributed by atoms with Crippen LogP contribution in [0.1, 0.15) is 37.7 Å². The Morgan fingerprint density at radius 1 is 1.16 bits per heavy atom. The summed E-state index contributed by atoms with van der Waals surface area (Å²) in [5.41, 5.74) is 3.04. The van der Waals surface area contributed by atoms with Crippen molar-refractivity contribution in [1.82, 2.24) is 0 Å². The molecule has 1 aromatic rings. The molecule has 1 aromatic carbocycles. The smallest absolute Gasteiger partial charge is 0.235 e. The van der Waals surface area contributed by atoms with Crippen LogP contribution in [0.2, 0.25) is 0 Å². The van der Waals surface area contributed by atoms with Gasteiger partial charge in [0.25, 0.3) is 0 Å². The van der Waals surface area contributed by atoms with E-state index in [0.717, 1.165) is 50.8 Å². The number of rotatable bonds is 3. The maximum absolute atomic E-state index is 12.2. The largest absolute Gasteiger partial charge is 0.385 e. The number of anilines is 2. The predicted molar refractivity (Wildman–Crippen MR) is 78.1 cm³/mol. The summed E-state index contributed by atoms with van der Waals surface area (Å²) in [7, 11) is -3.21. The Bertz CT molecular complexity index is 563. The molecular formula is C14H20N2O2S. The fraction of sp³-hybridized carbons (Fsp3) is 0.571. The van der Waals surface area contributed by atoms with Crippen molar-refractivity contribution in [2.75, 3.05) is 16.6 Å². The fourth-order valence-electron chi connectivity index (χ4n) is 2.98. The van der Waals surface area contributed by atoms with Crippen LogP contribution in [-0.4, -0.2) is 20.2 Å². The summed E-state index contributed by atoms with van der Waals surface area (Å²) in [5.74, 6) is 0. The summed E-state index contributed by atoms with van der Waals surface area (Å²) < 4.78 is 27.2. The van der Waals surface area contributed by atoms with Gasteiger partial charge < -0.3 is 5.32 Å². The van der Waals surface area contributed by atoms with Crippen LogP contribution in [0.5, 0.6) is 0 Å². The lowest BCUT2D eigenvalue weighted by molar-refractivity contribution is 0.585. The highest BCUT2D eigenvalue weighted by Crippen LogP contribution is 2.29. The molecule has 4 nitrogen and oxygen atoms in total. The lowest BCUT2D eigenvalue weighted by Crippen LogP contribution is -2.25. The van der Waals surface area contributed by atoms with Gasteiger partial charge in [-0.15, -0.1) is 0 Å². The summed E-state index contributed by atoms with van der Waals surface area (Å²) in [6.45, 7) is 1.00. The van der Waals surface area contributed by atoms with Gasteiger partial charge in [-0.25, -0.2) is 8.42 Å². The van der Waals surface area contributed by atoms with Gasteiger partial charge in [-0.3, -0.25) is 4.72 Å². The summed E-state index contributed by atoms with van der Waals surface area (Å²) >= 11 is 0. The van der Waals surface area contributed by atoms with E-state index < -0.39 is 10.0 Å². The van der Waals surface area contributed by atoms with Crippen LogP contribution in [0.4, 0.5) is 11.4 Å². The number of benzene rings is 1. The molecule has 0 bridgehead atoms. The summed E-state index contributed by atoms with van der Waals surface area (Å²) in [6.07, 6.45) is 5.76. The molecule has 1 heterocycles. The van der Waals surface area contributed by atoms with Crippen molar-refractivity contribution in [1.29, 1.82) is 0 Å². The minimum Gasteiger partial charge on any atom is -0.385 e. The highest BCUT2D eigenvalue weighted by Gasteiger charge is 2.28. The van der Waals surface area contributed by atoms with Gasteiger partial charge in [0.2, 0.25) is 10.0 Å². The predicted octanol–water partition coefficient (Wildman–Crippen LogP) is 2.73. The Kier molecular flexibility index (Phi) is 3.39. The first-order valence-electron chi connectivity index (χ1n) is 7.03. The number of fused-ring (bicyclic) bond motifs is 1. The fourth-order valence-corrected chi connectivity index (χ4v) is 4.56. The van der Waals surface area contributed by atoms with Crippen LogP contribution in [0, 0.1) is 0 Å². The van der Waals surface area contributed by atoms with Gasteiger partial charge >= 0.3 is 0 Å². The number of hydrogen-bond acceptors (Lipinski definition) is 3. The van der Waals surface area contributed by atoms with Gasteiger partial charge in [-0.1, -0.05) is 12.8 Å². The van der Waals surface area contributed by atoms with Crippen molar-refractivity contribution < 1.29 is 8.42 Å². The zero-order valence-corrected chi connectivity index (χ0v) is 11.8. The van der Waals surface area contributed by atoms with E-state index in [9.17, 15) is 8.42 Å². The number of hydrogen-bond donors (Lipinski definition) is 2. The average molecular weight is 280 g/mol. The molecule has 2 N–H and O–H groups in total. The number of aryl methyl sites for hydroxylation is 1. The van der Waals surface area contributed by atoms with E-state index >= 15 is 0 Å². The Morgan fingerprint density at radius 2 is 1.95 bits per heavy atom. The van der Waals surface area contributed by atoms with Crippen molar-refractivity contribution in [2.24, 2.45) is 0 Å². The molecule has 3 rings (SSSR count). The topological polar surface area (TPSA) is 58.2 Å². The van der Waals surface area contributed by atoms with Gasteiger partial charge in [0.05, 0.1) is 5.25 Å². The summed E-state index contributed by atoms with van der Waals surface area (Å²) in [6, 6.07) is 5.79. The maximum Gasteiger partial charge on any atom is 0.235 e. The molecule has 0 radical (unpaired) electrons. The highest BCUT2D eigenvalue weighted by atomic mass is 32.2. The third-order valence-electron chi connectivity index (χ3n) is 4.04. The SMILES string of the molecule is O=S(=O)(Nc1ccc2c(c1)CCCN2)C1CCCC1. The van der Waals surface area contributed by atoms with Crippen LogP contribution in [0.25, 0.3) is 0 Å². The summed E-state index contributed by atoms with van der Waals surface area (Å²) in [5, 5.41) is 3.12. The highest BCUT2D eigenvalue weighted by molar-refractivity contribution is 7.93. The van der Waals surface area contributed by atoms with Crippen LogP contribution in [0.15, 0.2) is 18.2 Å². The molecule has 0 atom stereocenters. The molecule has 19 heavy (non-hydrogen) atoms. The molecule has 0 unspecified atom stereocenters. The van der Waals surface area contributed by atoms with E-state index in [0.29, 0.717) is 5.69 Å². The van der Waals surface area contributed by atoms with E-state index in [1.807, 2.05) is 18.2 Å². The molecule has 1 aliphatic carbocycles. The normalized spacial score (nSPS) is 19.8. The molecule has 0 spiro atoms. The molecule has 0 amide bonds. The maximum atomic E-state index is 12.2. The standard InChI is InChI=1S/C14H20N2O2S/c17-19(18,13-5-1-2-6-13)16-12-7-8-14-11(10-12)4-3-9-15-14/h7-8,10,13,15-16H,1-6,9H2. The molecule has 1 saturated carbocycles. The second-order valence-electron chi connectivity index (χ2n) is 5.46. The molecule has 0 aromatic heterocycles. The Labute approximate surface area is 114 Å². The van der Waals surface area contributed by atoms with Crippen molar-refractivity contribution in [3.05, 3.63) is 23.8 Å². The average Bonchev–Trinajstić information content (AvgIpc) is 2.93. The van der Waals surface area contributed by atoms with Crippen molar-refractivity contribution in [3.63, 3.8) is 0 Å². The minimum absolute atomic E-state index is 0.207. The van der Waals surface area contributed by atoms with E-state index in [4.69, 9.17) is 0 Å². The molecule has 104 valence electrons. The zero-order valence-electron chi connectivity index (χ0n) is 11.0. The third-order valence-corrected chi connectivity index (χ3v) is 5.91. The van der Waals surface area contributed by atoms with Crippen LogP contribution >= 0.6 is 0 Å². The zero-order chi connectivity index (χ0) is 13.3. The first-order chi connectivity index (χ1) is 9.15. The molecule has 0 saturated heterocycles. The van der Waals surface area contributed by atoms with Crippen molar-refractivity contribution >= 4 is 21.4 Å². The lowest BCUT2D eigenvalue weighted by atomic mass is 10.0. The second kappa shape index (κ2) is 5.04. The number of sulfonamides is 1. The minimum atomic E-state index is -3.21. The molecule has 5 heteroatoms. The molecule has 2 aliphatic rings. The van der Waals surface area contributed by atoms with Crippen LogP contribution in [0.3, 0.4) is 0 Å². The molecular weight excluding hydrogens is 260 g/mol. The monoisotopic (exact) mass is 280 g/mol. The number of nitrogens with one attached hydrogen (secondary N) is 2. The van der Waals surface area contributed by atoms with Gasteiger partial charge in [-0.05, 0) is 49.4 Å². The quantitative estimate of drug-likeness (QED) is 0.895. The van der Waals surface area contributed by atoms with Crippen LogP contribution < -0.4 is 10.0 Å². The van der Waals surface area contributed by atoms with Gasteiger partial charge in [0.1, 0.15) is 0 Å². The van der Waals surface area contributed by atoms with Gasteiger partial charge in [0, 0.05) is 17.9 Å². The second-order valence-corrected chi connectivity index (χ2v) is 7.42. The van der Waals surface area contributed by atoms with Crippen molar-refractivity contribution in [2.45, 2.75) is 43.8 Å². The molecule has 1 fully saturated rings. The Morgan fingerprint density at radius 3 is 2.74 bits per heavy atom. The van der Waals surface area contributed by atoms with Crippen molar-refractivity contribution in [3.8, 4) is 0 Å². The van der Waals surface area contributed by atoms with E-state index in [-0.39, 0.29) is 5.25 Å². The Balaban J connectivity index is 1.79. The van der Waals surface area contributed by atoms with Gasteiger partial charge in [0.15, 0.2) is 0 Å². The van der Waals surface area contributed by atoms with E-state index in [2.05, 4.69) is 10.0 Å². The van der Waals surface area contributed by atoms with Crippen LogP contribution in [-0.2, 0) is 16.4 Å². The third kappa shape index (κ3) is 2.71. The van der Waals surface area contributed by atoms with E-state index in [1.54, 1.807) is 0 Å². The summed E-state index contributed by atoms with van der Waals surface area (Å²) in [4.78, 5) is 0. The lowest BCUT2D eigenvalue weighted by Gasteiger charge is -2.20.